The van der Waals surface area contributed by atoms with Crippen LogP contribution in [0.1, 0.15) is 0 Å². The molecule has 14 heavy (non-hydrogen) atoms. The highest BCUT2D eigenvalue weighted by Gasteiger charge is 2.06. The van der Waals surface area contributed by atoms with Crippen LogP contribution in [0.2, 0.25) is 0 Å². The zero-order chi connectivity index (χ0) is 9.38. The third-order valence-electron chi connectivity index (χ3n) is 2.02. The first kappa shape index (κ1) is 7.25. The van der Waals surface area contributed by atoms with Gasteiger partial charge in [0.2, 0.25) is 6.39 Å². The van der Waals surface area contributed by atoms with Crippen molar-refractivity contribution in [1.82, 2.24) is 19.9 Å². The summed E-state index contributed by atoms with van der Waals surface area (Å²) in [5.74, 6) is 0.450. The van der Waals surface area contributed by atoms with Gasteiger partial charge in [-0.05, 0) is 11.2 Å². The van der Waals surface area contributed by atoms with E-state index >= 15 is 0 Å². The molecule has 2 aromatic heterocycles. The van der Waals surface area contributed by atoms with Crippen LogP contribution in [0.4, 0.5) is 0 Å². The number of fused-ring (bicyclic) bond motifs is 1. The monoisotopic (exact) mass is 186 g/mol. The lowest BCUT2D eigenvalue weighted by Crippen LogP contribution is -1.97. The fraction of sp³-hybridized carbons (Fsp3) is 0. The van der Waals surface area contributed by atoms with Crippen LogP contribution in [-0.2, 0) is 0 Å². The summed E-state index contributed by atoms with van der Waals surface area (Å²) < 4.78 is 6.30. The largest absolute Gasteiger partial charge is 0.341 e. The van der Waals surface area contributed by atoms with Crippen LogP contribution in [0.15, 0.2) is 41.4 Å². The average Bonchev–Trinajstić information content (AvgIpc) is 2.85. The Bertz CT molecular complexity index is 555. The van der Waals surface area contributed by atoms with E-state index in [9.17, 15) is 0 Å². The Hall–Kier alpha value is -2.17. The van der Waals surface area contributed by atoms with Crippen molar-refractivity contribution in [3.63, 3.8) is 0 Å². The summed E-state index contributed by atoms with van der Waals surface area (Å²) in [5, 5.41) is 8.95. The fourth-order valence-corrected chi connectivity index (χ4v) is 1.39. The molecule has 0 radical (unpaired) electrons. The van der Waals surface area contributed by atoms with E-state index in [0.29, 0.717) is 5.95 Å². The van der Waals surface area contributed by atoms with E-state index in [2.05, 4.69) is 19.8 Å². The third-order valence-corrected chi connectivity index (χ3v) is 2.02. The van der Waals surface area contributed by atoms with E-state index in [1.807, 2.05) is 24.3 Å². The first-order valence-electron chi connectivity index (χ1n) is 4.15. The Kier molecular flexibility index (Phi) is 1.38. The van der Waals surface area contributed by atoms with Gasteiger partial charge in [0, 0.05) is 5.39 Å². The van der Waals surface area contributed by atoms with Gasteiger partial charge in [-0.25, -0.2) is 0 Å². The molecule has 5 heteroatoms. The molecule has 3 aromatic rings. The number of benzene rings is 1. The van der Waals surface area contributed by atoms with Crippen LogP contribution in [-0.4, -0.2) is 19.9 Å². The van der Waals surface area contributed by atoms with Crippen molar-refractivity contribution < 1.29 is 4.52 Å². The van der Waals surface area contributed by atoms with Crippen molar-refractivity contribution in [2.24, 2.45) is 0 Å². The highest BCUT2D eigenvalue weighted by molar-refractivity contribution is 5.79. The maximum atomic E-state index is 4.67. The predicted molar refractivity (Wildman–Crippen MR) is 48.9 cm³/mol. The van der Waals surface area contributed by atoms with Crippen molar-refractivity contribution in [2.75, 3.05) is 0 Å². The van der Waals surface area contributed by atoms with Crippen LogP contribution < -0.4 is 0 Å². The number of hydrogen-bond donors (Lipinski definition) is 0. The van der Waals surface area contributed by atoms with E-state index in [4.69, 9.17) is 0 Å². The summed E-state index contributed by atoms with van der Waals surface area (Å²) in [4.78, 5) is 3.93. The number of aromatic nitrogens is 4. The Labute approximate surface area is 79.0 Å². The van der Waals surface area contributed by atoms with Gasteiger partial charge in [-0.15, -0.1) is 0 Å². The number of rotatable bonds is 1. The molecule has 68 valence electrons. The van der Waals surface area contributed by atoms with Crippen LogP contribution in [0, 0.1) is 0 Å². The van der Waals surface area contributed by atoms with Gasteiger partial charge < -0.3 is 4.52 Å². The smallest absolute Gasteiger partial charge is 0.291 e. The minimum absolute atomic E-state index is 0.450. The first-order chi connectivity index (χ1) is 6.95. The molecular formula is C9H6N4O. The van der Waals surface area contributed by atoms with E-state index in [1.165, 1.54) is 6.39 Å². The number of nitrogens with zero attached hydrogens (tertiary/aromatic N) is 4. The van der Waals surface area contributed by atoms with Crippen molar-refractivity contribution >= 4 is 10.9 Å². The molecule has 0 aliphatic heterocycles. The van der Waals surface area contributed by atoms with Crippen LogP contribution >= 0.6 is 0 Å². The standard InChI is InChI=1S/C9H6N4O/c1-2-4-8-7(3-1)5-11-13(8)9-10-6-14-12-9/h1-6H. The second kappa shape index (κ2) is 2.66. The highest BCUT2D eigenvalue weighted by atomic mass is 16.5. The van der Waals surface area contributed by atoms with Gasteiger partial charge in [-0.3, -0.25) is 0 Å². The summed E-state index contributed by atoms with van der Waals surface area (Å²) in [5.41, 5.74) is 0.967. The van der Waals surface area contributed by atoms with Gasteiger partial charge in [0.1, 0.15) is 0 Å². The molecule has 0 spiro atoms. The van der Waals surface area contributed by atoms with Crippen LogP contribution in [0.3, 0.4) is 0 Å². The van der Waals surface area contributed by atoms with E-state index < -0.39 is 0 Å². The van der Waals surface area contributed by atoms with Gasteiger partial charge in [-0.2, -0.15) is 14.8 Å². The number of hydrogen-bond acceptors (Lipinski definition) is 4. The van der Waals surface area contributed by atoms with Crippen molar-refractivity contribution in [3.8, 4) is 5.95 Å². The summed E-state index contributed by atoms with van der Waals surface area (Å²) in [6, 6.07) is 7.85. The summed E-state index contributed by atoms with van der Waals surface area (Å²) >= 11 is 0. The molecule has 0 saturated heterocycles. The summed E-state index contributed by atoms with van der Waals surface area (Å²) in [7, 11) is 0. The first-order valence-corrected chi connectivity index (χ1v) is 4.15. The highest BCUT2D eigenvalue weighted by Crippen LogP contribution is 2.14. The molecule has 0 bridgehead atoms. The van der Waals surface area contributed by atoms with Gasteiger partial charge in [0.05, 0.1) is 11.7 Å². The normalized spacial score (nSPS) is 10.9. The fourth-order valence-electron chi connectivity index (χ4n) is 1.39. The van der Waals surface area contributed by atoms with Crippen LogP contribution in [0.5, 0.6) is 0 Å². The van der Waals surface area contributed by atoms with Crippen molar-refractivity contribution in [2.45, 2.75) is 0 Å². The second-order valence-electron chi connectivity index (χ2n) is 2.85. The van der Waals surface area contributed by atoms with Gasteiger partial charge >= 0.3 is 0 Å². The molecule has 0 amide bonds. The maximum Gasteiger partial charge on any atom is 0.291 e. The lowest BCUT2D eigenvalue weighted by atomic mass is 10.3. The maximum absolute atomic E-state index is 4.67. The summed E-state index contributed by atoms with van der Waals surface area (Å²) in [6.07, 6.45) is 3.05. The minimum Gasteiger partial charge on any atom is -0.341 e. The number of para-hydroxylation sites is 1. The lowest BCUT2D eigenvalue weighted by molar-refractivity contribution is 0.413. The van der Waals surface area contributed by atoms with Crippen LogP contribution in [0.25, 0.3) is 16.9 Å². The zero-order valence-corrected chi connectivity index (χ0v) is 7.16. The predicted octanol–water partition coefficient (Wildman–Crippen LogP) is 1.41. The SMILES string of the molecule is c1ccc2c(c1)cnn2-c1ncon1. The molecule has 3 rings (SSSR count). The average molecular weight is 186 g/mol. The van der Waals surface area contributed by atoms with E-state index in [1.54, 1.807) is 10.9 Å². The molecule has 5 nitrogen and oxygen atoms in total. The molecule has 0 N–H and O–H groups in total. The lowest BCUT2D eigenvalue weighted by Gasteiger charge is -1.94. The molecule has 0 aliphatic rings. The second-order valence-corrected chi connectivity index (χ2v) is 2.85. The van der Waals surface area contributed by atoms with Gasteiger partial charge in [-0.1, -0.05) is 18.2 Å². The Morgan fingerprint density at radius 2 is 2.14 bits per heavy atom. The third kappa shape index (κ3) is 0.922. The Morgan fingerprint density at radius 1 is 1.21 bits per heavy atom. The molecule has 0 saturated carbocycles. The van der Waals surface area contributed by atoms with Gasteiger partial charge in [0.15, 0.2) is 0 Å². The molecular weight excluding hydrogens is 180 g/mol. The zero-order valence-electron chi connectivity index (χ0n) is 7.16. The minimum atomic E-state index is 0.450. The molecule has 0 aliphatic carbocycles. The molecule has 0 fully saturated rings. The topological polar surface area (TPSA) is 56.7 Å². The molecule has 0 unspecified atom stereocenters. The Morgan fingerprint density at radius 3 is 3.00 bits per heavy atom. The van der Waals surface area contributed by atoms with Crippen molar-refractivity contribution in [1.29, 1.82) is 0 Å². The molecule has 0 atom stereocenters. The van der Waals surface area contributed by atoms with Crippen molar-refractivity contribution in [3.05, 3.63) is 36.9 Å². The molecule has 2 heterocycles. The van der Waals surface area contributed by atoms with Gasteiger partial charge in [0.25, 0.3) is 5.95 Å². The Balaban J connectivity index is 2.33. The van der Waals surface area contributed by atoms with E-state index in [0.717, 1.165) is 10.9 Å². The summed E-state index contributed by atoms with van der Waals surface area (Å²) in [6.45, 7) is 0. The van der Waals surface area contributed by atoms with E-state index in [-0.39, 0.29) is 0 Å². The molecule has 1 aromatic carbocycles. The quantitative estimate of drug-likeness (QED) is 0.576.